The summed E-state index contributed by atoms with van der Waals surface area (Å²) >= 11 is 0. The Labute approximate surface area is 148 Å². The molecule has 1 aromatic heterocycles. The first-order valence-corrected chi connectivity index (χ1v) is 9.48. The molecule has 0 bridgehead atoms. The Balaban J connectivity index is 0.00000169. The molecule has 4 rings (SSSR count). The highest BCUT2D eigenvalue weighted by Gasteiger charge is 2.31. The van der Waals surface area contributed by atoms with Crippen LogP contribution in [-0.4, -0.2) is 31.1 Å². The molecule has 0 saturated carbocycles. The minimum Gasteiger partial charge on any atom is -0.333 e. The van der Waals surface area contributed by atoms with Gasteiger partial charge in [0.25, 0.3) is 10.0 Å². The van der Waals surface area contributed by atoms with Crippen LogP contribution in [0.4, 0.5) is 5.69 Å². The summed E-state index contributed by atoms with van der Waals surface area (Å²) in [6, 6.07) is 7.65. The molecular weight excluding hydrogens is 348 g/mol. The minimum absolute atomic E-state index is 0. The van der Waals surface area contributed by atoms with Gasteiger partial charge in [0.2, 0.25) is 0 Å². The van der Waals surface area contributed by atoms with Gasteiger partial charge in [-0.15, -0.1) is 12.4 Å². The molecule has 130 valence electrons. The molecule has 0 amide bonds. The molecule has 8 heteroatoms. The molecular formula is C16H21ClN4O2S. The van der Waals surface area contributed by atoms with Gasteiger partial charge in [0, 0.05) is 38.8 Å². The highest BCUT2D eigenvalue weighted by molar-refractivity contribution is 7.92. The molecule has 0 radical (unpaired) electrons. The van der Waals surface area contributed by atoms with E-state index in [-0.39, 0.29) is 17.4 Å². The number of fused-ring (bicyclic) bond motifs is 2. The monoisotopic (exact) mass is 368 g/mol. The van der Waals surface area contributed by atoms with Crippen LogP contribution in [0.15, 0.2) is 35.5 Å². The number of sulfonamides is 1. The SMILES string of the molecule is Cl.O=S(=O)(c1cn2c(n1)CCCC2)N1CCNCc2ccccc21. The summed E-state index contributed by atoms with van der Waals surface area (Å²) < 4.78 is 29.8. The maximum atomic E-state index is 13.1. The molecule has 3 heterocycles. The minimum atomic E-state index is -3.63. The number of anilines is 1. The van der Waals surface area contributed by atoms with Crippen molar-refractivity contribution in [3.63, 3.8) is 0 Å². The molecule has 0 saturated heterocycles. The van der Waals surface area contributed by atoms with E-state index >= 15 is 0 Å². The van der Waals surface area contributed by atoms with Gasteiger partial charge in [-0.3, -0.25) is 4.31 Å². The van der Waals surface area contributed by atoms with Crippen molar-refractivity contribution in [1.82, 2.24) is 14.9 Å². The zero-order valence-corrected chi connectivity index (χ0v) is 14.9. The lowest BCUT2D eigenvalue weighted by atomic mass is 10.2. The van der Waals surface area contributed by atoms with Gasteiger partial charge in [0.15, 0.2) is 5.03 Å². The lowest BCUT2D eigenvalue weighted by Crippen LogP contribution is -2.35. The molecule has 1 aromatic carbocycles. The number of aryl methyl sites for hydroxylation is 2. The third-order valence-electron chi connectivity index (χ3n) is 4.51. The highest BCUT2D eigenvalue weighted by Crippen LogP contribution is 2.28. The summed E-state index contributed by atoms with van der Waals surface area (Å²) in [5.41, 5.74) is 1.75. The van der Waals surface area contributed by atoms with E-state index in [4.69, 9.17) is 0 Å². The van der Waals surface area contributed by atoms with E-state index in [2.05, 4.69) is 10.3 Å². The summed E-state index contributed by atoms with van der Waals surface area (Å²) in [7, 11) is -3.63. The Hall–Kier alpha value is -1.57. The van der Waals surface area contributed by atoms with E-state index in [1.54, 1.807) is 6.20 Å². The van der Waals surface area contributed by atoms with Crippen molar-refractivity contribution in [2.45, 2.75) is 37.4 Å². The van der Waals surface area contributed by atoms with Crippen molar-refractivity contribution in [3.8, 4) is 0 Å². The summed E-state index contributed by atoms with van der Waals surface area (Å²) in [5, 5.41) is 3.45. The molecule has 2 aliphatic heterocycles. The largest absolute Gasteiger partial charge is 0.333 e. The van der Waals surface area contributed by atoms with Gasteiger partial charge in [0.05, 0.1) is 5.69 Å². The van der Waals surface area contributed by atoms with E-state index < -0.39 is 10.0 Å². The van der Waals surface area contributed by atoms with Crippen LogP contribution in [0.3, 0.4) is 0 Å². The van der Waals surface area contributed by atoms with Crippen LogP contribution in [0, 0.1) is 0 Å². The van der Waals surface area contributed by atoms with E-state index in [1.807, 2.05) is 28.8 Å². The fraction of sp³-hybridized carbons (Fsp3) is 0.438. The Morgan fingerprint density at radius 2 is 1.96 bits per heavy atom. The second-order valence-corrected chi connectivity index (χ2v) is 7.84. The zero-order valence-electron chi connectivity index (χ0n) is 13.3. The van der Waals surface area contributed by atoms with Gasteiger partial charge in [0.1, 0.15) is 5.82 Å². The van der Waals surface area contributed by atoms with Crippen LogP contribution in [0.5, 0.6) is 0 Å². The topological polar surface area (TPSA) is 67.2 Å². The van der Waals surface area contributed by atoms with Crippen LogP contribution in [0.2, 0.25) is 0 Å². The van der Waals surface area contributed by atoms with E-state index in [0.717, 1.165) is 42.9 Å². The molecule has 0 spiro atoms. The molecule has 6 nitrogen and oxygen atoms in total. The highest BCUT2D eigenvalue weighted by atomic mass is 35.5. The number of aromatic nitrogens is 2. The Bertz CT molecular complexity index is 811. The van der Waals surface area contributed by atoms with Crippen molar-refractivity contribution in [1.29, 1.82) is 0 Å². The number of benzene rings is 1. The normalized spacial score (nSPS) is 17.4. The predicted molar refractivity (Wildman–Crippen MR) is 95.1 cm³/mol. The van der Waals surface area contributed by atoms with Crippen LogP contribution in [0.25, 0.3) is 0 Å². The van der Waals surface area contributed by atoms with Crippen LogP contribution in [0.1, 0.15) is 24.2 Å². The second kappa shape index (κ2) is 6.74. The quantitative estimate of drug-likeness (QED) is 0.879. The molecule has 2 aromatic rings. The van der Waals surface area contributed by atoms with Crippen LogP contribution < -0.4 is 9.62 Å². The summed E-state index contributed by atoms with van der Waals surface area (Å²) in [5.74, 6) is 0.885. The number of hydrogen-bond donors (Lipinski definition) is 1. The second-order valence-electron chi connectivity index (χ2n) is 6.03. The van der Waals surface area contributed by atoms with Crippen molar-refractivity contribution in [2.75, 3.05) is 17.4 Å². The summed E-state index contributed by atoms with van der Waals surface area (Å²) in [6.45, 7) is 2.58. The maximum Gasteiger partial charge on any atom is 0.283 e. The number of rotatable bonds is 2. The van der Waals surface area contributed by atoms with Gasteiger partial charge >= 0.3 is 0 Å². The maximum absolute atomic E-state index is 13.1. The fourth-order valence-electron chi connectivity index (χ4n) is 3.30. The first-order valence-electron chi connectivity index (χ1n) is 8.04. The smallest absolute Gasteiger partial charge is 0.283 e. The standard InChI is InChI=1S/C16H20N4O2S.ClH/c21-23(22,16-12-19-9-4-3-7-15(19)18-16)20-10-8-17-11-13-5-1-2-6-14(13)20;/h1-2,5-6,12,17H,3-4,7-11H2;1H. The third-order valence-corrected chi connectivity index (χ3v) is 6.19. The molecule has 0 unspecified atom stereocenters. The van der Waals surface area contributed by atoms with Crippen LogP contribution in [-0.2, 0) is 29.5 Å². The Morgan fingerprint density at radius 3 is 2.79 bits per heavy atom. The van der Waals surface area contributed by atoms with Crippen molar-refractivity contribution in [2.24, 2.45) is 0 Å². The average Bonchev–Trinajstić information content (AvgIpc) is 2.88. The number of imidazole rings is 1. The third kappa shape index (κ3) is 2.92. The first kappa shape index (κ1) is 17.3. The lowest BCUT2D eigenvalue weighted by molar-refractivity contribution is 0.522. The summed E-state index contributed by atoms with van der Waals surface area (Å²) in [6.07, 6.45) is 4.71. The average molecular weight is 369 g/mol. The fourth-order valence-corrected chi connectivity index (χ4v) is 4.78. The lowest BCUT2D eigenvalue weighted by Gasteiger charge is -2.22. The molecule has 0 aliphatic carbocycles. The molecule has 0 fully saturated rings. The number of nitrogens with zero attached hydrogens (tertiary/aromatic N) is 3. The van der Waals surface area contributed by atoms with E-state index in [9.17, 15) is 8.42 Å². The van der Waals surface area contributed by atoms with E-state index in [1.165, 1.54) is 4.31 Å². The van der Waals surface area contributed by atoms with Crippen molar-refractivity contribution in [3.05, 3.63) is 41.9 Å². The van der Waals surface area contributed by atoms with E-state index in [0.29, 0.717) is 19.6 Å². The molecule has 2 aliphatic rings. The summed E-state index contributed by atoms with van der Waals surface area (Å²) in [4.78, 5) is 4.41. The van der Waals surface area contributed by atoms with Gasteiger partial charge in [-0.05, 0) is 24.5 Å². The molecule has 24 heavy (non-hydrogen) atoms. The van der Waals surface area contributed by atoms with Gasteiger partial charge in [-0.1, -0.05) is 18.2 Å². The Morgan fingerprint density at radius 1 is 1.12 bits per heavy atom. The van der Waals surface area contributed by atoms with Crippen molar-refractivity contribution < 1.29 is 8.42 Å². The number of halogens is 1. The molecule has 0 atom stereocenters. The van der Waals surface area contributed by atoms with Gasteiger partial charge in [-0.25, -0.2) is 4.98 Å². The zero-order chi connectivity index (χ0) is 15.9. The first-order chi connectivity index (χ1) is 11.2. The number of para-hydroxylation sites is 1. The number of nitrogens with one attached hydrogen (secondary N) is 1. The van der Waals surface area contributed by atoms with Crippen LogP contribution >= 0.6 is 12.4 Å². The van der Waals surface area contributed by atoms with Crippen molar-refractivity contribution >= 4 is 28.1 Å². The van der Waals surface area contributed by atoms with Gasteiger partial charge in [-0.2, -0.15) is 8.42 Å². The Kier molecular flexibility index (Phi) is 4.85. The number of hydrogen-bond acceptors (Lipinski definition) is 4. The predicted octanol–water partition coefficient (Wildman–Crippen LogP) is 1.94. The van der Waals surface area contributed by atoms with Gasteiger partial charge < -0.3 is 9.88 Å². The molecule has 1 N–H and O–H groups in total.